The number of rotatable bonds is 3. The molecule has 1 unspecified atom stereocenters. The van der Waals surface area contributed by atoms with Crippen LogP contribution in [-0.2, 0) is 0 Å². The zero-order chi connectivity index (χ0) is 11.5. The minimum Gasteiger partial charge on any atom is -0.396 e. The molecule has 1 N–H and O–H groups in total. The Morgan fingerprint density at radius 3 is 2.56 bits per heavy atom. The molecule has 1 aromatic rings. The summed E-state index contributed by atoms with van der Waals surface area (Å²) in [5, 5.41) is 8.75. The molecule has 0 saturated heterocycles. The SMILES string of the molecule is O=C1CC(CCCO)C(=O)c2ccccc21. The van der Waals surface area contributed by atoms with Crippen LogP contribution < -0.4 is 0 Å². The Kier molecular flexibility index (Phi) is 3.15. The Bertz CT molecular complexity index is 423. The van der Waals surface area contributed by atoms with Gasteiger partial charge in [-0.3, -0.25) is 9.59 Å². The van der Waals surface area contributed by atoms with Gasteiger partial charge in [0, 0.05) is 30.1 Å². The van der Waals surface area contributed by atoms with E-state index < -0.39 is 0 Å². The van der Waals surface area contributed by atoms with Crippen LogP contribution >= 0.6 is 0 Å². The molecule has 1 aliphatic carbocycles. The number of aliphatic hydroxyl groups excluding tert-OH is 1. The molecule has 1 aliphatic rings. The zero-order valence-electron chi connectivity index (χ0n) is 8.98. The number of hydrogen-bond acceptors (Lipinski definition) is 3. The van der Waals surface area contributed by atoms with E-state index >= 15 is 0 Å². The molecular formula is C13H14O3. The van der Waals surface area contributed by atoms with Crippen molar-refractivity contribution < 1.29 is 14.7 Å². The van der Waals surface area contributed by atoms with Gasteiger partial charge in [0.2, 0.25) is 0 Å². The first-order valence-electron chi connectivity index (χ1n) is 5.51. The fourth-order valence-electron chi connectivity index (χ4n) is 2.16. The van der Waals surface area contributed by atoms with Crippen LogP contribution in [0.25, 0.3) is 0 Å². The van der Waals surface area contributed by atoms with Crippen molar-refractivity contribution in [3.05, 3.63) is 35.4 Å². The number of aliphatic hydroxyl groups is 1. The van der Waals surface area contributed by atoms with Crippen molar-refractivity contribution in [2.75, 3.05) is 6.61 Å². The predicted octanol–water partition coefficient (Wildman–Crippen LogP) is 1.84. The smallest absolute Gasteiger partial charge is 0.167 e. The number of fused-ring (bicyclic) bond motifs is 1. The average molecular weight is 218 g/mol. The van der Waals surface area contributed by atoms with Gasteiger partial charge in [-0.15, -0.1) is 0 Å². The van der Waals surface area contributed by atoms with Gasteiger partial charge in [0.15, 0.2) is 11.6 Å². The fraction of sp³-hybridized carbons (Fsp3) is 0.385. The molecule has 0 saturated carbocycles. The van der Waals surface area contributed by atoms with Crippen molar-refractivity contribution in [3.63, 3.8) is 0 Å². The molecule has 0 radical (unpaired) electrons. The van der Waals surface area contributed by atoms with Crippen molar-refractivity contribution in [2.45, 2.75) is 19.3 Å². The first-order chi connectivity index (χ1) is 7.74. The monoisotopic (exact) mass is 218 g/mol. The number of carbonyl (C=O) groups is 2. The maximum Gasteiger partial charge on any atom is 0.167 e. The summed E-state index contributed by atoms with van der Waals surface area (Å²) in [6, 6.07) is 6.97. The Morgan fingerprint density at radius 2 is 1.88 bits per heavy atom. The molecule has 0 fully saturated rings. The van der Waals surface area contributed by atoms with Crippen LogP contribution in [0.3, 0.4) is 0 Å². The number of carbonyl (C=O) groups excluding carboxylic acids is 2. The lowest BCUT2D eigenvalue weighted by Crippen LogP contribution is -2.27. The van der Waals surface area contributed by atoms with Gasteiger partial charge in [-0.1, -0.05) is 24.3 Å². The van der Waals surface area contributed by atoms with Gasteiger partial charge in [-0.2, -0.15) is 0 Å². The lowest BCUT2D eigenvalue weighted by atomic mass is 9.80. The topological polar surface area (TPSA) is 54.4 Å². The highest BCUT2D eigenvalue weighted by Gasteiger charge is 2.31. The van der Waals surface area contributed by atoms with Gasteiger partial charge in [0.1, 0.15) is 0 Å². The van der Waals surface area contributed by atoms with Crippen molar-refractivity contribution in [1.82, 2.24) is 0 Å². The van der Waals surface area contributed by atoms with E-state index in [9.17, 15) is 9.59 Å². The van der Waals surface area contributed by atoms with E-state index in [1.54, 1.807) is 24.3 Å². The zero-order valence-corrected chi connectivity index (χ0v) is 8.98. The van der Waals surface area contributed by atoms with Gasteiger partial charge in [-0.05, 0) is 12.8 Å². The Balaban J connectivity index is 2.27. The summed E-state index contributed by atoms with van der Waals surface area (Å²) in [6.07, 6.45) is 1.46. The van der Waals surface area contributed by atoms with Crippen LogP contribution in [0.15, 0.2) is 24.3 Å². The Labute approximate surface area is 94.1 Å². The lowest BCUT2D eigenvalue weighted by Gasteiger charge is -2.21. The molecule has 3 heteroatoms. The second kappa shape index (κ2) is 4.58. The molecule has 0 heterocycles. The molecule has 3 nitrogen and oxygen atoms in total. The largest absolute Gasteiger partial charge is 0.396 e. The third-order valence-corrected chi connectivity index (χ3v) is 3.01. The highest BCUT2D eigenvalue weighted by atomic mass is 16.3. The average Bonchev–Trinajstić information content (AvgIpc) is 2.32. The van der Waals surface area contributed by atoms with Crippen LogP contribution in [0.2, 0.25) is 0 Å². The molecule has 1 aromatic carbocycles. The van der Waals surface area contributed by atoms with Crippen molar-refractivity contribution in [1.29, 1.82) is 0 Å². The van der Waals surface area contributed by atoms with Gasteiger partial charge in [0.25, 0.3) is 0 Å². The quantitative estimate of drug-likeness (QED) is 0.842. The van der Waals surface area contributed by atoms with Gasteiger partial charge < -0.3 is 5.11 Å². The fourth-order valence-corrected chi connectivity index (χ4v) is 2.16. The molecule has 84 valence electrons. The molecule has 0 aromatic heterocycles. The summed E-state index contributed by atoms with van der Waals surface area (Å²) in [4.78, 5) is 23.8. The van der Waals surface area contributed by atoms with Crippen molar-refractivity contribution in [2.24, 2.45) is 5.92 Å². The van der Waals surface area contributed by atoms with E-state index in [1.165, 1.54) is 0 Å². The first kappa shape index (κ1) is 11.0. The standard InChI is InChI=1S/C13H14O3/c14-7-3-4-9-8-12(15)10-5-1-2-6-11(10)13(9)16/h1-2,5-6,9,14H,3-4,7-8H2. The molecule has 2 rings (SSSR count). The molecule has 1 atom stereocenters. The Morgan fingerprint density at radius 1 is 1.19 bits per heavy atom. The number of hydrogen-bond donors (Lipinski definition) is 1. The maximum atomic E-state index is 12.0. The molecular weight excluding hydrogens is 204 g/mol. The van der Waals surface area contributed by atoms with Crippen LogP contribution in [-0.4, -0.2) is 23.3 Å². The number of Topliss-reactive ketones (excluding diaryl/α,β-unsaturated/α-hetero) is 2. The first-order valence-corrected chi connectivity index (χ1v) is 5.51. The van der Waals surface area contributed by atoms with Crippen molar-refractivity contribution >= 4 is 11.6 Å². The maximum absolute atomic E-state index is 12.0. The number of ketones is 2. The van der Waals surface area contributed by atoms with E-state index in [-0.39, 0.29) is 30.5 Å². The second-order valence-corrected chi connectivity index (χ2v) is 4.10. The van der Waals surface area contributed by atoms with Gasteiger partial charge in [0.05, 0.1) is 0 Å². The van der Waals surface area contributed by atoms with Crippen molar-refractivity contribution in [3.8, 4) is 0 Å². The number of benzene rings is 1. The van der Waals surface area contributed by atoms with E-state index in [1.807, 2.05) is 0 Å². The summed E-state index contributed by atoms with van der Waals surface area (Å²) in [7, 11) is 0. The molecule has 0 aliphatic heterocycles. The third-order valence-electron chi connectivity index (χ3n) is 3.01. The summed E-state index contributed by atoms with van der Waals surface area (Å²) < 4.78 is 0. The summed E-state index contributed by atoms with van der Waals surface area (Å²) in [5.41, 5.74) is 1.09. The minimum atomic E-state index is -0.241. The summed E-state index contributed by atoms with van der Waals surface area (Å²) in [5.74, 6) is -0.156. The lowest BCUT2D eigenvalue weighted by molar-refractivity contribution is 0.0810. The second-order valence-electron chi connectivity index (χ2n) is 4.10. The molecule has 0 bridgehead atoms. The van der Waals surface area contributed by atoms with E-state index in [0.29, 0.717) is 24.0 Å². The highest BCUT2D eigenvalue weighted by molar-refractivity contribution is 6.14. The molecule has 0 amide bonds. The van der Waals surface area contributed by atoms with Crippen LogP contribution in [0.5, 0.6) is 0 Å². The van der Waals surface area contributed by atoms with Crippen LogP contribution in [0, 0.1) is 5.92 Å². The van der Waals surface area contributed by atoms with E-state index in [4.69, 9.17) is 5.11 Å². The van der Waals surface area contributed by atoms with Gasteiger partial charge >= 0.3 is 0 Å². The summed E-state index contributed by atoms with van der Waals surface area (Å²) >= 11 is 0. The van der Waals surface area contributed by atoms with Crippen LogP contribution in [0.4, 0.5) is 0 Å². The summed E-state index contributed by atoms with van der Waals surface area (Å²) in [6.45, 7) is 0.0691. The van der Waals surface area contributed by atoms with E-state index in [0.717, 1.165) is 0 Å². The minimum absolute atomic E-state index is 0.0399. The van der Waals surface area contributed by atoms with Crippen LogP contribution in [0.1, 0.15) is 40.0 Å². The predicted molar refractivity (Wildman–Crippen MR) is 59.5 cm³/mol. The van der Waals surface area contributed by atoms with E-state index in [2.05, 4.69) is 0 Å². The molecule has 0 spiro atoms. The normalized spacial score (nSPS) is 19.7. The molecule has 16 heavy (non-hydrogen) atoms. The third kappa shape index (κ3) is 1.91. The van der Waals surface area contributed by atoms with Gasteiger partial charge in [-0.25, -0.2) is 0 Å². The highest BCUT2D eigenvalue weighted by Crippen LogP contribution is 2.28. The Hall–Kier alpha value is -1.48.